The zero-order chi connectivity index (χ0) is 31.3. The summed E-state index contributed by atoms with van der Waals surface area (Å²) in [6, 6.07) is 11.5. The molecule has 13 heteroatoms. The van der Waals surface area contributed by atoms with Crippen LogP contribution in [0.5, 0.6) is 11.5 Å². The lowest BCUT2D eigenvalue weighted by molar-refractivity contribution is -0.134. The van der Waals surface area contributed by atoms with Crippen LogP contribution in [0.4, 0.5) is 31.2 Å². The van der Waals surface area contributed by atoms with E-state index in [9.17, 15) is 28.7 Å². The standard InChI is InChI=1S/C30H31ClFN5O6/c1-30(2,3)26(38)24-14-17(11-13-37(24)29(41)42)27(39)36-25-16-21(10-12-33-25)43-20-8-9-23(22(31)15-20)35-28(40)34-19-6-4-18(32)5-7-19/h4-10,12,15-17,24H,11,13-14H2,1-3H3,(H,41,42)(H,33,36,39)(H2,34,35,40). The van der Waals surface area contributed by atoms with Crippen molar-refractivity contribution in [1.82, 2.24) is 9.88 Å². The van der Waals surface area contributed by atoms with Crippen LogP contribution in [-0.4, -0.2) is 51.4 Å². The fraction of sp³-hybridized carbons (Fsp3) is 0.300. The maximum Gasteiger partial charge on any atom is 0.407 e. The number of rotatable bonds is 7. The third kappa shape index (κ3) is 8.19. The summed E-state index contributed by atoms with van der Waals surface area (Å²) in [7, 11) is 0. The Labute approximate surface area is 252 Å². The summed E-state index contributed by atoms with van der Waals surface area (Å²) in [6.07, 6.45) is 0.598. The number of anilines is 3. The first kappa shape index (κ1) is 31.2. The van der Waals surface area contributed by atoms with E-state index in [-0.39, 0.29) is 41.9 Å². The van der Waals surface area contributed by atoms with Crippen LogP contribution in [0.1, 0.15) is 33.6 Å². The molecule has 0 radical (unpaired) electrons. The number of carbonyl (C=O) groups excluding carboxylic acids is 3. The summed E-state index contributed by atoms with van der Waals surface area (Å²) < 4.78 is 18.9. The number of likely N-dealkylation sites (tertiary alicyclic amines) is 1. The van der Waals surface area contributed by atoms with E-state index >= 15 is 0 Å². The summed E-state index contributed by atoms with van der Waals surface area (Å²) >= 11 is 6.34. The number of halogens is 2. The molecule has 2 unspecified atom stereocenters. The maximum absolute atomic E-state index is 13.1. The molecule has 0 saturated carbocycles. The number of nitrogens with one attached hydrogen (secondary N) is 3. The number of pyridine rings is 1. The summed E-state index contributed by atoms with van der Waals surface area (Å²) in [5.41, 5.74) is -0.0506. The largest absolute Gasteiger partial charge is 0.465 e. The normalized spacial score (nSPS) is 16.6. The molecule has 226 valence electrons. The van der Waals surface area contributed by atoms with Crippen molar-refractivity contribution in [2.24, 2.45) is 11.3 Å². The van der Waals surface area contributed by atoms with Crippen molar-refractivity contribution in [3.63, 3.8) is 0 Å². The smallest absolute Gasteiger partial charge is 0.407 e. The molecule has 1 aliphatic rings. The number of ketones is 1. The van der Waals surface area contributed by atoms with Crippen LogP contribution in [0, 0.1) is 17.2 Å². The topological polar surface area (TPSA) is 150 Å². The summed E-state index contributed by atoms with van der Waals surface area (Å²) in [5.74, 6) is -0.719. The van der Waals surface area contributed by atoms with Crippen LogP contribution in [0.3, 0.4) is 0 Å². The average molecular weight is 612 g/mol. The molecular weight excluding hydrogens is 581 g/mol. The number of Topliss-reactive ketones (excluding diaryl/α,β-unsaturated/α-hetero) is 1. The first-order valence-electron chi connectivity index (χ1n) is 13.4. The number of ether oxygens (including phenoxy) is 1. The van der Waals surface area contributed by atoms with Gasteiger partial charge in [-0.15, -0.1) is 0 Å². The molecular formula is C30H31ClFN5O6. The van der Waals surface area contributed by atoms with Gasteiger partial charge in [0, 0.05) is 41.9 Å². The first-order chi connectivity index (χ1) is 20.3. The van der Waals surface area contributed by atoms with Gasteiger partial charge in [-0.05, 0) is 55.3 Å². The van der Waals surface area contributed by atoms with Crippen LogP contribution in [0.25, 0.3) is 0 Å². The molecule has 1 fully saturated rings. The lowest BCUT2D eigenvalue weighted by Crippen LogP contribution is -2.53. The number of hydrogen-bond donors (Lipinski definition) is 4. The minimum Gasteiger partial charge on any atom is -0.465 e. The van der Waals surface area contributed by atoms with E-state index in [1.807, 2.05) is 0 Å². The molecule has 4 amide bonds. The Bertz CT molecular complexity index is 1530. The molecule has 1 saturated heterocycles. The quantitative estimate of drug-likeness (QED) is 0.234. The monoisotopic (exact) mass is 611 g/mol. The van der Waals surface area contributed by atoms with Gasteiger partial charge in [-0.3, -0.25) is 14.5 Å². The molecule has 2 atom stereocenters. The second kappa shape index (κ2) is 13.1. The van der Waals surface area contributed by atoms with Gasteiger partial charge in [-0.25, -0.2) is 19.0 Å². The lowest BCUT2D eigenvalue weighted by Gasteiger charge is -2.38. The van der Waals surface area contributed by atoms with Gasteiger partial charge in [0.15, 0.2) is 5.78 Å². The van der Waals surface area contributed by atoms with Gasteiger partial charge in [0.1, 0.15) is 23.1 Å². The van der Waals surface area contributed by atoms with Crippen LogP contribution in [0.15, 0.2) is 60.8 Å². The molecule has 1 aliphatic heterocycles. The Morgan fingerprint density at radius 1 is 1.00 bits per heavy atom. The van der Waals surface area contributed by atoms with E-state index in [2.05, 4.69) is 20.9 Å². The molecule has 1 aromatic heterocycles. The number of hydrogen-bond acceptors (Lipinski definition) is 6. The summed E-state index contributed by atoms with van der Waals surface area (Å²) in [5, 5.41) is 17.7. The summed E-state index contributed by atoms with van der Waals surface area (Å²) in [4.78, 5) is 55.3. The van der Waals surface area contributed by atoms with E-state index in [1.165, 1.54) is 42.6 Å². The molecule has 43 heavy (non-hydrogen) atoms. The van der Waals surface area contributed by atoms with Crippen molar-refractivity contribution in [2.45, 2.75) is 39.7 Å². The Hall–Kier alpha value is -4.71. The molecule has 0 bridgehead atoms. The number of carbonyl (C=O) groups is 4. The van der Waals surface area contributed by atoms with Gasteiger partial charge in [0.05, 0.1) is 16.8 Å². The van der Waals surface area contributed by atoms with Crippen LogP contribution < -0.4 is 20.7 Å². The Kier molecular flexibility index (Phi) is 9.50. The van der Waals surface area contributed by atoms with Crippen LogP contribution in [-0.2, 0) is 9.59 Å². The average Bonchev–Trinajstić information content (AvgIpc) is 2.94. The Balaban J connectivity index is 1.37. The first-order valence-corrected chi connectivity index (χ1v) is 13.8. The second-order valence-corrected chi connectivity index (χ2v) is 11.4. The Morgan fingerprint density at radius 2 is 1.70 bits per heavy atom. The van der Waals surface area contributed by atoms with Crippen molar-refractivity contribution in [3.05, 3.63) is 71.6 Å². The minimum atomic E-state index is -1.19. The lowest BCUT2D eigenvalue weighted by atomic mass is 9.79. The number of benzene rings is 2. The van der Waals surface area contributed by atoms with Gasteiger partial charge in [0.2, 0.25) is 5.91 Å². The number of amides is 4. The zero-order valence-corrected chi connectivity index (χ0v) is 24.4. The molecule has 11 nitrogen and oxygen atoms in total. The molecule has 4 rings (SSSR count). The van der Waals surface area contributed by atoms with E-state index in [0.29, 0.717) is 22.9 Å². The fourth-order valence-electron chi connectivity index (χ4n) is 4.57. The molecule has 0 spiro atoms. The van der Waals surface area contributed by atoms with E-state index < -0.39 is 35.3 Å². The highest BCUT2D eigenvalue weighted by atomic mass is 35.5. The number of carboxylic acid groups (broad SMARTS) is 1. The van der Waals surface area contributed by atoms with Gasteiger partial charge >= 0.3 is 12.1 Å². The number of piperidine rings is 1. The van der Waals surface area contributed by atoms with Crippen LogP contribution in [0.2, 0.25) is 5.02 Å². The van der Waals surface area contributed by atoms with Crippen molar-refractivity contribution in [2.75, 3.05) is 22.5 Å². The predicted octanol–water partition coefficient (Wildman–Crippen LogP) is 6.62. The van der Waals surface area contributed by atoms with Crippen molar-refractivity contribution in [1.29, 1.82) is 0 Å². The summed E-state index contributed by atoms with van der Waals surface area (Å²) in [6.45, 7) is 5.23. The fourth-order valence-corrected chi connectivity index (χ4v) is 4.78. The minimum absolute atomic E-state index is 0.0655. The van der Waals surface area contributed by atoms with Gasteiger partial charge in [-0.2, -0.15) is 0 Å². The van der Waals surface area contributed by atoms with E-state index in [1.54, 1.807) is 39.0 Å². The van der Waals surface area contributed by atoms with Crippen molar-refractivity contribution in [3.8, 4) is 11.5 Å². The highest BCUT2D eigenvalue weighted by Crippen LogP contribution is 2.32. The number of aromatic nitrogens is 1. The number of nitrogens with zero attached hydrogens (tertiary/aromatic N) is 2. The van der Waals surface area contributed by atoms with Crippen LogP contribution >= 0.6 is 11.6 Å². The van der Waals surface area contributed by atoms with Gasteiger partial charge in [-0.1, -0.05) is 32.4 Å². The number of urea groups is 1. The third-order valence-corrected chi connectivity index (χ3v) is 7.08. The highest BCUT2D eigenvalue weighted by molar-refractivity contribution is 6.34. The molecule has 0 aliphatic carbocycles. The van der Waals surface area contributed by atoms with E-state index in [4.69, 9.17) is 16.3 Å². The van der Waals surface area contributed by atoms with Crippen molar-refractivity contribution >= 4 is 52.6 Å². The second-order valence-electron chi connectivity index (χ2n) is 11.0. The molecule has 4 N–H and O–H groups in total. The Morgan fingerprint density at radius 3 is 2.35 bits per heavy atom. The SMILES string of the molecule is CC(C)(C)C(=O)C1CC(C(=O)Nc2cc(Oc3ccc(NC(=O)Nc4ccc(F)cc4)c(Cl)c3)ccn2)CCN1C(=O)O. The zero-order valence-electron chi connectivity index (χ0n) is 23.7. The third-order valence-electron chi connectivity index (χ3n) is 6.77. The van der Waals surface area contributed by atoms with Gasteiger partial charge in [0.25, 0.3) is 0 Å². The highest BCUT2D eigenvalue weighted by Gasteiger charge is 2.42. The molecule has 2 heterocycles. The molecule has 3 aromatic rings. The van der Waals surface area contributed by atoms with Gasteiger partial charge < -0.3 is 25.8 Å². The predicted molar refractivity (Wildman–Crippen MR) is 159 cm³/mol. The molecule has 2 aromatic carbocycles. The van der Waals surface area contributed by atoms with Crippen molar-refractivity contribution < 1.29 is 33.4 Å². The van der Waals surface area contributed by atoms with E-state index in [0.717, 1.165) is 4.90 Å². The maximum atomic E-state index is 13.1.